The molecule has 0 radical (unpaired) electrons. The third kappa shape index (κ3) is 7.81. The summed E-state index contributed by atoms with van der Waals surface area (Å²) in [5.74, 6) is -7.41. The van der Waals surface area contributed by atoms with E-state index in [0.717, 1.165) is 43.4 Å². The molecule has 0 amide bonds. The summed E-state index contributed by atoms with van der Waals surface area (Å²) >= 11 is 0. The molecule has 48 heavy (non-hydrogen) atoms. The maximum atomic E-state index is 15.3. The largest absolute Gasteiger partial charge is 0.432 e. The Kier molecular flexibility index (Phi) is 10.5. The normalized spacial score (nSPS) is 17.1. The van der Waals surface area contributed by atoms with Gasteiger partial charge in [0.25, 0.3) is 0 Å². The molecule has 0 heterocycles. The van der Waals surface area contributed by atoms with Crippen LogP contribution >= 0.6 is 0 Å². The predicted molar refractivity (Wildman–Crippen MR) is 162 cm³/mol. The molecule has 4 aromatic rings. The standard InChI is InChI=1S/C37H32F10O/c1-2-3-4-5-21-6-8-22(9-7-21)23-10-13-27(30(38)16-23)24-11-14-28(31(39)17-24)25-18-33(41)35(34(42)19-25)37(46,47)48-26-12-15-29(32(40)20-26)36(43,44)45/h10-22H,2-9H2,1H3. The highest BCUT2D eigenvalue weighted by molar-refractivity contribution is 5.72. The van der Waals surface area contributed by atoms with E-state index in [1.165, 1.54) is 37.8 Å². The molecule has 256 valence electrons. The van der Waals surface area contributed by atoms with Crippen molar-refractivity contribution in [3.63, 3.8) is 0 Å². The van der Waals surface area contributed by atoms with Crippen LogP contribution in [0.15, 0.2) is 66.7 Å². The molecule has 0 unspecified atom stereocenters. The number of hydrogen-bond donors (Lipinski definition) is 0. The quantitative estimate of drug-likeness (QED) is 0.120. The summed E-state index contributed by atoms with van der Waals surface area (Å²) in [5, 5.41) is 0. The first-order valence-electron chi connectivity index (χ1n) is 15.7. The summed E-state index contributed by atoms with van der Waals surface area (Å²) in [6.07, 6.45) is -0.934. The van der Waals surface area contributed by atoms with Crippen molar-refractivity contribution in [2.75, 3.05) is 0 Å². The first-order valence-corrected chi connectivity index (χ1v) is 15.7. The molecule has 1 aliphatic rings. The number of ether oxygens (including phenoxy) is 1. The van der Waals surface area contributed by atoms with Gasteiger partial charge in [-0.2, -0.15) is 22.0 Å². The smallest absolute Gasteiger partial charge is 0.429 e. The van der Waals surface area contributed by atoms with Gasteiger partial charge in [0.2, 0.25) is 0 Å². The van der Waals surface area contributed by atoms with Crippen molar-refractivity contribution in [3.8, 4) is 28.0 Å². The lowest BCUT2D eigenvalue weighted by Gasteiger charge is -2.29. The Hall–Kier alpha value is -4.02. The third-order valence-electron chi connectivity index (χ3n) is 8.94. The maximum absolute atomic E-state index is 15.3. The highest BCUT2D eigenvalue weighted by Crippen LogP contribution is 2.41. The molecular weight excluding hydrogens is 650 g/mol. The Bertz CT molecular complexity index is 1730. The fourth-order valence-electron chi connectivity index (χ4n) is 6.40. The molecule has 0 aliphatic heterocycles. The second-order valence-corrected chi connectivity index (χ2v) is 12.2. The van der Waals surface area contributed by atoms with Gasteiger partial charge in [-0.05, 0) is 90.6 Å². The van der Waals surface area contributed by atoms with Crippen LogP contribution in [0.25, 0.3) is 22.3 Å². The number of halogens is 10. The van der Waals surface area contributed by atoms with Crippen molar-refractivity contribution >= 4 is 0 Å². The predicted octanol–water partition coefficient (Wildman–Crippen LogP) is 12.7. The van der Waals surface area contributed by atoms with Crippen molar-refractivity contribution in [1.29, 1.82) is 0 Å². The molecule has 1 fully saturated rings. The van der Waals surface area contributed by atoms with Gasteiger partial charge in [-0.25, -0.2) is 22.0 Å². The minimum atomic E-state index is -5.11. The summed E-state index contributed by atoms with van der Waals surface area (Å²) in [6.45, 7) is 2.18. The van der Waals surface area contributed by atoms with E-state index < -0.39 is 63.8 Å². The van der Waals surface area contributed by atoms with Gasteiger partial charge in [-0.15, -0.1) is 0 Å². The van der Waals surface area contributed by atoms with E-state index in [0.29, 0.717) is 24.1 Å². The first-order chi connectivity index (χ1) is 22.7. The van der Waals surface area contributed by atoms with Crippen molar-refractivity contribution in [2.45, 2.75) is 76.5 Å². The van der Waals surface area contributed by atoms with Gasteiger partial charge in [-0.3, -0.25) is 0 Å². The zero-order chi connectivity index (χ0) is 34.8. The van der Waals surface area contributed by atoms with Crippen LogP contribution in [0.2, 0.25) is 0 Å². The monoisotopic (exact) mass is 682 g/mol. The molecule has 0 N–H and O–H groups in total. The third-order valence-corrected chi connectivity index (χ3v) is 8.94. The molecule has 1 aliphatic carbocycles. The van der Waals surface area contributed by atoms with Gasteiger partial charge in [0.1, 0.15) is 40.4 Å². The van der Waals surface area contributed by atoms with Crippen LogP contribution < -0.4 is 4.74 Å². The Labute approximate surface area is 271 Å². The van der Waals surface area contributed by atoms with E-state index in [1.54, 1.807) is 6.07 Å². The number of benzene rings is 4. The molecule has 0 saturated heterocycles. The van der Waals surface area contributed by atoms with Gasteiger partial charge in [0.05, 0.1) is 5.56 Å². The molecule has 5 rings (SSSR count). The van der Waals surface area contributed by atoms with E-state index in [-0.39, 0.29) is 34.7 Å². The van der Waals surface area contributed by atoms with E-state index in [9.17, 15) is 35.1 Å². The molecule has 0 aromatic heterocycles. The van der Waals surface area contributed by atoms with Gasteiger partial charge in [0, 0.05) is 17.2 Å². The number of rotatable bonds is 10. The van der Waals surface area contributed by atoms with Crippen LogP contribution in [-0.4, -0.2) is 0 Å². The van der Waals surface area contributed by atoms with Gasteiger partial charge >= 0.3 is 12.3 Å². The molecular formula is C37H32F10O. The maximum Gasteiger partial charge on any atom is 0.432 e. The summed E-state index contributed by atoms with van der Waals surface area (Å²) in [4.78, 5) is 0. The summed E-state index contributed by atoms with van der Waals surface area (Å²) in [6, 6.07) is 9.64. The second-order valence-electron chi connectivity index (χ2n) is 12.2. The first kappa shape index (κ1) is 35.3. The van der Waals surface area contributed by atoms with Gasteiger partial charge in [-0.1, -0.05) is 56.9 Å². The van der Waals surface area contributed by atoms with Crippen molar-refractivity contribution in [3.05, 3.63) is 113 Å². The second kappa shape index (κ2) is 14.2. The van der Waals surface area contributed by atoms with Crippen molar-refractivity contribution in [1.82, 2.24) is 0 Å². The lowest BCUT2D eigenvalue weighted by molar-refractivity contribution is -0.189. The Balaban J connectivity index is 1.32. The Morgan fingerprint density at radius 1 is 0.625 bits per heavy atom. The van der Waals surface area contributed by atoms with Crippen LogP contribution in [0, 0.1) is 35.0 Å². The number of alkyl halides is 5. The Morgan fingerprint density at radius 3 is 1.81 bits per heavy atom. The average Bonchev–Trinajstić information content (AvgIpc) is 3.00. The average molecular weight is 683 g/mol. The van der Waals surface area contributed by atoms with Crippen molar-refractivity contribution < 1.29 is 48.6 Å². The minimum absolute atomic E-state index is 0.00858. The van der Waals surface area contributed by atoms with E-state index in [2.05, 4.69) is 11.7 Å². The van der Waals surface area contributed by atoms with E-state index >= 15 is 8.78 Å². The summed E-state index contributed by atoms with van der Waals surface area (Å²) in [5.41, 5.74) is -3.37. The van der Waals surface area contributed by atoms with E-state index in [1.807, 2.05) is 6.07 Å². The summed E-state index contributed by atoms with van der Waals surface area (Å²) in [7, 11) is 0. The molecule has 11 heteroatoms. The zero-order valence-corrected chi connectivity index (χ0v) is 25.9. The van der Waals surface area contributed by atoms with Gasteiger partial charge < -0.3 is 4.74 Å². The SMILES string of the molecule is CCCCCC1CCC(c2ccc(-c3ccc(-c4cc(F)c(C(F)(F)Oc5ccc(C(F)(F)F)c(F)c5)c(F)c4)c(F)c3)c(F)c2)CC1. The van der Waals surface area contributed by atoms with Crippen molar-refractivity contribution in [2.24, 2.45) is 5.92 Å². The van der Waals surface area contributed by atoms with Crippen LogP contribution in [0.5, 0.6) is 5.75 Å². The van der Waals surface area contributed by atoms with Crippen LogP contribution in [0.4, 0.5) is 43.9 Å². The number of hydrogen-bond acceptors (Lipinski definition) is 1. The minimum Gasteiger partial charge on any atom is -0.429 e. The topological polar surface area (TPSA) is 9.23 Å². The fourth-order valence-corrected chi connectivity index (χ4v) is 6.40. The lowest BCUT2D eigenvalue weighted by atomic mass is 9.77. The molecule has 1 saturated carbocycles. The van der Waals surface area contributed by atoms with Crippen LogP contribution in [0.1, 0.15) is 80.9 Å². The van der Waals surface area contributed by atoms with E-state index in [4.69, 9.17) is 0 Å². The summed E-state index contributed by atoms with van der Waals surface area (Å²) < 4.78 is 146. The fraction of sp³-hybridized carbons (Fsp3) is 0.351. The lowest BCUT2D eigenvalue weighted by Crippen LogP contribution is -2.25. The molecule has 0 spiro atoms. The highest BCUT2D eigenvalue weighted by Gasteiger charge is 2.42. The highest BCUT2D eigenvalue weighted by atomic mass is 19.4. The molecule has 0 atom stereocenters. The molecule has 4 aromatic carbocycles. The molecule has 0 bridgehead atoms. The van der Waals surface area contributed by atoms with Crippen LogP contribution in [0.3, 0.4) is 0 Å². The van der Waals surface area contributed by atoms with Gasteiger partial charge in [0.15, 0.2) is 0 Å². The number of unbranched alkanes of at least 4 members (excludes halogenated alkanes) is 2. The van der Waals surface area contributed by atoms with Crippen LogP contribution in [-0.2, 0) is 12.3 Å². The molecule has 1 nitrogen and oxygen atoms in total. The zero-order valence-electron chi connectivity index (χ0n) is 25.9. The Morgan fingerprint density at radius 2 is 1.23 bits per heavy atom.